The molecule has 1 aromatic carbocycles. The average molecular weight is 271 g/mol. The number of halogens is 1. The SMILES string of the molecule is CN(C)C(=O)C(=O)c1cc(Br)ccc1N. The molecule has 0 atom stereocenters. The second-order valence-electron chi connectivity index (χ2n) is 3.26. The summed E-state index contributed by atoms with van der Waals surface area (Å²) in [4.78, 5) is 24.3. The third kappa shape index (κ3) is 2.56. The van der Waals surface area contributed by atoms with Crippen LogP contribution in [0.4, 0.5) is 5.69 Å². The van der Waals surface area contributed by atoms with Crippen LogP contribution in [0.2, 0.25) is 0 Å². The number of amides is 1. The highest BCUT2D eigenvalue weighted by atomic mass is 79.9. The fourth-order valence-corrected chi connectivity index (χ4v) is 1.40. The first kappa shape index (κ1) is 11.7. The van der Waals surface area contributed by atoms with Crippen molar-refractivity contribution in [2.24, 2.45) is 0 Å². The van der Waals surface area contributed by atoms with E-state index in [4.69, 9.17) is 5.73 Å². The lowest BCUT2D eigenvalue weighted by molar-refractivity contribution is -0.124. The van der Waals surface area contributed by atoms with Crippen molar-refractivity contribution in [3.05, 3.63) is 28.2 Å². The molecule has 80 valence electrons. The second kappa shape index (κ2) is 4.44. The monoisotopic (exact) mass is 270 g/mol. The van der Waals surface area contributed by atoms with Crippen LogP contribution in [0.5, 0.6) is 0 Å². The lowest BCUT2D eigenvalue weighted by atomic mass is 10.1. The average Bonchev–Trinajstić information content (AvgIpc) is 2.19. The smallest absolute Gasteiger partial charge is 0.294 e. The predicted octanol–water partition coefficient (Wildman–Crippen LogP) is 1.30. The van der Waals surface area contributed by atoms with Gasteiger partial charge in [0.05, 0.1) is 5.56 Å². The molecule has 4 nitrogen and oxygen atoms in total. The van der Waals surface area contributed by atoms with Gasteiger partial charge in [-0.2, -0.15) is 0 Å². The highest BCUT2D eigenvalue weighted by Gasteiger charge is 2.20. The van der Waals surface area contributed by atoms with E-state index in [0.717, 1.165) is 0 Å². The summed E-state index contributed by atoms with van der Waals surface area (Å²) in [5, 5.41) is 0. The van der Waals surface area contributed by atoms with Crippen LogP contribution in [0.3, 0.4) is 0 Å². The molecule has 0 unspecified atom stereocenters. The molecule has 2 N–H and O–H groups in total. The zero-order valence-corrected chi connectivity index (χ0v) is 10.0. The number of carbonyl (C=O) groups is 2. The Bertz CT molecular complexity index is 416. The van der Waals surface area contributed by atoms with E-state index in [1.165, 1.54) is 19.0 Å². The number of carbonyl (C=O) groups excluding carboxylic acids is 2. The summed E-state index contributed by atoms with van der Waals surface area (Å²) in [7, 11) is 3.04. The van der Waals surface area contributed by atoms with E-state index < -0.39 is 11.7 Å². The van der Waals surface area contributed by atoms with Crippen molar-refractivity contribution in [3.63, 3.8) is 0 Å². The van der Waals surface area contributed by atoms with E-state index in [0.29, 0.717) is 10.2 Å². The van der Waals surface area contributed by atoms with Gasteiger partial charge in [0.25, 0.3) is 11.7 Å². The van der Waals surface area contributed by atoms with Crippen molar-refractivity contribution in [2.75, 3.05) is 19.8 Å². The van der Waals surface area contributed by atoms with Gasteiger partial charge < -0.3 is 10.6 Å². The number of benzene rings is 1. The molecule has 0 aliphatic rings. The maximum atomic E-state index is 11.7. The molecule has 0 aromatic heterocycles. The lowest BCUT2D eigenvalue weighted by Crippen LogP contribution is -2.30. The molecule has 0 spiro atoms. The second-order valence-corrected chi connectivity index (χ2v) is 4.18. The van der Waals surface area contributed by atoms with Gasteiger partial charge in [-0.15, -0.1) is 0 Å². The first-order valence-corrected chi connectivity index (χ1v) is 5.03. The zero-order chi connectivity index (χ0) is 11.6. The predicted molar refractivity (Wildman–Crippen MR) is 61.6 cm³/mol. The van der Waals surface area contributed by atoms with Gasteiger partial charge in [0, 0.05) is 24.3 Å². The zero-order valence-electron chi connectivity index (χ0n) is 8.45. The van der Waals surface area contributed by atoms with E-state index in [1.807, 2.05) is 0 Å². The normalized spacial score (nSPS) is 9.80. The number of anilines is 1. The third-order valence-corrected chi connectivity index (χ3v) is 2.35. The Morgan fingerprint density at radius 1 is 1.33 bits per heavy atom. The van der Waals surface area contributed by atoms with Crippen LogP contribution >= 0.6 is 15.9 Å². The molecule has 1 aromatic rings. The summed E-state index contributed by atoms with van der Waals surface area (Å²) >= 11 is 3.22. The molecule has 5 heteroatoms. The number of ketones is 1. The van der Waals surface area contributed by atoms with Crippen molar-refractivity contribution < 1.29 is 9.59 Å². The molecule has 0 saturated carbocycles. The standard InChI is InChI=1S/C10H11BrN2O2/c1-13(2)10(15)9(14)7-5-6(11)3-4-8(7)12/h3-5H,12H2,1-2H3. The molecule has 0 heterocycles. The van der Waals surface area contributed by atoms with Gasteiger partial charge in [0.15, 0.2) is 0 Å². The highest BCUT2D eigenvalue weighted by molar-refractivity contribution is 9.10. The van der Waals surface area contributed by atoms with Crippen LogP contribution in [0, 0.1) is 0 Å². The molecule has 15 heavy (non-hydrogen) atoms. The molecule has 0 radical (unpaired) electrons. The van der Waals surface area contributed by atoms with Crippen LogP contribution in [0.25, 0.3) is 0 Å². The number of hydrogen-bond donors (Lipinski definition) is 1. The van der Waals surface area contributed by atoms with Crippen LogP contribution < -0.4 is 5.73 Å². The van der Waals surface area contributed by atoms with Gasteiger partial charge in [-0.1, -0.05) is 15.9 Å². The number of hydrogen-bond acceptors (Lipinski definition) is 3. The lowest BCUT2D eigenvalue weighted by Gasteiger charge is -2.10. The largest absolute Gasteiger partial charge is 0.398 e. The van der Waals surface area contributed by atoms with Gasteiger partial charge in [-0.05, 0) is 18.2 Å². The number of nitrogens with two attached hydrogens (primary N) is 1. The Balaban J connectivity index is 3.11. The minimum absolute atomic E-state index is 0.225. The fourth-order valence-electron chi connectivity index (χ4n) is 1.04. The summed E-state index contributed by atoms with van der Waals surface area (Å²) in [6.45, 7) is 0. The van der Waals surface area contributed by atoms with Crippen LogP contribution in [-0.4, -0.2) is 30.7 Å². The van der Waals surface area contributed by atoms with Crippen LogP contribution in [0.15, 0.2) is 22.7 Å². The highest BCUT2D eigenvalue weighted by Crippen LogP contribution is 2.19. The van der Waals surface area contributed by atoms with E-state index in [9.17, 15) is 9.59 Å². The van der Waals surface area contributed by atoms with Crippen molar-refractivity contribution in [1.29, 1.82) is 0 Å². The van der Waals surface area contributed by atoms with Gasteiger partial charge in [-0.25, -0.2) is 0 Å². The minimum atomic E-state index is -0.598. The summed E-state index contributed by atoms with van der Waals surface area (Å²) in [6.07, 6.45) is 0. The Morgan fingerprint density at radius 2 is 1.93 bits per heavy atom. The number of nitrogen functional groups attached to an aromatic ring is 1. The quantitative estimate of drug-likeness (QED) is 0.501. The first-order valence-electron chi connectivity index (χ1n) is 4.24. The molecular formula is C10H11BrN2O2. The van der Waals surface area contributed by atoms with Gasteiger partial charge in [-0.3, -0.25) is 9.59 Å². The van der Waals surface area contributed by atoms with Crippen molar-refractivity contribution in [3.8, 4) is 0 Å². The van der Waals surface area contributed by atoms with Gasteiger partial charge in [0.1, 0.15) is 0 Å². The summed E-state index contributed by atoms with van der Waals surface area (Å²) in [5.74, 6) is -1.18. The Hall–Kier alpha value is -1.36. The first-order chi connectivity index (χ1) is 6.93. The maximum absolute atomic E-state index is 11.7. The summed E-state index contributed by atoms with van der Waals surface area (Å²) < 4.78 is 0.714. The summed E-state index contributed by atoms with van der Waals surface area (Å²) in [6, 6.07) is 4.84. The Morgan fingerprint density at radius 3 is 2.47 bits per heavy atom. The van der Waals surface area contributed by atoms with E-state index in [2.05, 4.69) is 15.9 Å². The maximum Gasteiger partial charge on any atom is 0.294 e. The van der Waals surface area contributed by atoms with Gasteiger partial charge >= 0.3 is 0 Å². The van der Waals surface area contributed by atoms with E-state index in [-0.39, 0.29) is 5.56 Å². The molecule has 1 amide bonds. The number of rotatable bonds is 2. The molecule has 0 aliphatic carbocycles. The molecular weight excluding hydrogens is 260 g/mol. The number of likely N-dealkylation sites (N-methyl/N-ethyl adjacent to an activating group) is 1. The summed E-state index contributed by atoms with van der Waals surface area (Å²) in [5.41, 5.74) is 6.15. The Kier molecular flexibility index (Phi) is 3.47. The van der Waals surface area contributed by atoms with E-state index in [1.54, 1.807) is 18.2 Å². The topological polar surface area (TPSA) is 63.4 Å². The Labute approximate surface area is 96.2 Å². The van der Waals surface area contributed by atoms with Crippen LogP contribution in [-0.2, 0) is 4.79 Å². The number of nitrogens with zero attached hydrogens (tertiary/aromatic N) is 1. The molecule has 0 aliphatic heterocycles. The van der Waals surface area contributed by atoms with Gasteiger partial charge in [0.2, 0.25) is 0 Å². The van der Waals surface area contributed by atoms with E-state index >= 15 is 0 Å². The van der Waals surface area contributed by atoms with Crippen molar-refractivity contribution in [2.45, 2.75) is 0 Å². The van der Waals surface area contributed by atoms with Crippen molar-refractivity contribution >= 4 is 33.3 Å². The number of Topliss-reactive ketones (excluding diaryl/α,β-unsaturated/α-hetero) is 1. The minimum Gasteiger partial charge on any atom is -0.398 e. The fraction of sp³-hybridized carbons (Fsp3) is 0.200. The molecule has 0 fully saturated rings. The van der Waals surface area contributed by atoms with Crippen molar-refractivity contribution in [1.82, 2.24) is 4.90 Å². The molecule has 0 saturated heterocycles. The third-order valence-electron chi connectivity index (χ3n) is 1.86. The molecule has 0 bridgehead atoms. The molecule has 1 rings (SSSR count). The van der Waals surface area contributed by atoms with Crippen LogP contribution in [0.1, 0.15) is 10.4 Å².